The first kappa shape index (κ1) is 17.3. The molecule has 0 aliphatic carbocycles. The monoisotopic (exact) mass is 292 g/mol. The molecule has 0 aliphatic rings. The van der Waals surface area contributed by atoms with Crippen LogP contribution in [0.3, 0.4) is 0 Å². The highest BCUT2D eigenvalue weighted by Gasteiger charge is 2.21. The summed E-state index contributed by atoms with van der Waals surface area (Å²) in [6.45, 7) is 11.9. The van der Waals surface area contributed by atoms with Gasteiger partial charge in [-0.1, -0.05) is 25.1 Å². The Morgan fingerprint density at radius 3 is 2.48 bits per heavy atom. The van der Waals surface area contributed by atoms with Crippen LogP contribution in [0.15, 0.2) is 24.3 Å². The van der Waals surface area contributed by atoms with Crippen molar-refractivity contribution in [3.05, 3.63) is 29.8 Å². The fraction of sp³-hybridized carbons (Fsp3) is 0.588. The Kier molecular flexibility index (Phi) is 6.53. The van der Waals surface area contributed by atoms with E-state index in [1.807, 2.05) is 52.0 Å². The average molecular weight is 292 g/mol. The summed E-state index contributed by atoms with van der Waals surface area (Å²) >= 11 is 0. The second-order valence-corrected chi connectivity index (χ2v) is 6.08. The number of rotatable bonds is 6. The van der Waals surface area contributed by atoms with Gasteiger partial charge in [0.2, 0.25) is 0 Å². The molecule has 0 aliphatic heterocycles. The summed E-state index contributed by atoms with van der Waals surface area (Å²) in [6, 6.07) is 8.10. The molecule has 0 radical (unpaired) electrons. The number of hydrogen-bond donors (Lipinski definition) is 1. The molecule has 0 saturated carbocycles. The smallest absolute Gasteiger partial charge is 0.410 e. The van der Waals surface area contributed by atoms with Gasteiger partial charge in [-0.2, -0.15) is 0 Å². The second kappa shape index (κ2) is 7.91. The van der Waals surface area contributed by atoms with Crippen LogP contribution in [0.4, 0.5) is 10.5 Å². The van der Waals surface area contributed by atoms with E-state index in [1.165, 1.54) is 0 Å². The van der Waals surface area contributed by atoms with Crippen molar-refractivity contribution in [2.45, 2.75) is 53.2 Å². The van der Waals surface area contributed by atoms with E-state index in [9.17, 15) is 4.79 Å². The largest absolute Gasteiger partial charge is 0.444 e. The summed E-state index contributed by atoms with van der Waals surface area (Å²) in [6.07, 6.45) is 0.799. The van der Waals surface area contributed by atoms with E-state index < -0.39 is 5.60 Å². The SMILES string of the molecule is CCCNc1ccccc1CN(CC)C(=O)OC(C)(C)C. The molecule has 0 heterocycles. The lowest BCUT2D eigenvalue weighted by Crippen LogP contribution is -2.36. The van der Waals surface area contributed by atoms with Crippen molar-refractivity contribution in [3.63, 3.8) is 0 Å². The van der Waals surface area contributed by atoms with Crippen LogP contribution < -0.4 is 5.32 Å². The minimum Gasteiger partial charge on any atom is -0.444 e. The first-order valence-corrected chi connectivity index (χ1v) is 7.67. The maximum absolute atomic E-state index is 12.2. The highest BCUT2D eigenvalue weighted by molar-refractivity contribution is 5.68. The van der Waals surface area contributed by atoms with Crippen molar-refractivity contribution in [2.75, 3.05) is 18.4 Å². The van der Waals surface area contributed by atoms with E-state index in [-0.39, 0.29) is 6.09 Å². The molecule has 0 aromatic heterocycles. The number of nitrogens with one attached hydrogen (secondary N) is 1. The Morgan fingerprint density at radius 1 is 1.24 bits per heavy atom. The van der Waals surface area contributed by atoms with E-state index in [4.69, 9.17) is 4.74 Å². The van der Waals surface area contributed by atoms with Crippen molar-refractivity contribution in [2.24, 2.45) is 0 Å². The number of anilines is 1. The molecule has 0 fully saturated rings. The molecule has 0 atom stereocenters. The molecular formula is C17H28N2O2. The molecule has 0 spiro atoms. The van der Waals surface area contributed by atoms with Crippen molar-refractivity contribution in [3.8, 4) is 0 Å². The highest BCUT2D eigenvalue weighted by Crippen LogP contribution is 2.19. The maximum atomic E-state index is 12.2. The molecule has 1 amide bonds. The van der Waals surface area contributed by atoms with Gasteiger partial charge in [-0.3, -0.25) is 0 Å². The maximum Gasteiger partial charge on any atom is 0.410 e. The van der Waals surface area contributed by atoms with Crippen molar-refractivity contribution >= 4 is 11.8 Å². The lowest BCUT2D eigenvalue weighted by atomic mass is 10.1. The summed E-state index contributed by atoms with van der Waals surface area (Å²) in [7, 11) is 0. The van der Waals surface area contributed by atoms with Gasteiger partial charge in [0.1, 0.15) is 5.60 Å². The van der Waals surface area contributed by atoms with Crippen molar-refractivity contribution in [1.82, 2.24) is 4.90 Å². The molecule has 1 N–H and O–H groups in total. The Labute approximate surface area is 128 Å². The number of benzene rings is 1. The zero-order valence-corrected chi connectivity index (χ0v) is 13.9. The van der Waals surface area contributed by atoms with Crippen molar-refractivity contribution < 1.29 is 9.53 Å². The van der Waals surface area contributed by atoms with Gasteiger partial charge in [-0.15, -0.1) is 0 Å². The summed E-state index contributed by atoms with van der Waals surface area (Å²) in [5.41, 5.74) is 1.73. The van der Waals surface area contributed by atoms with Crippen LogP contribution >= 0.6 is 0 Å². The van der Waals surface area contributed by atoms with E-state index >= 15 is 0 Å². The third-order valence-electron chi connectivity index (χ3n) is 2.98. The van der Waals surface area contributed by atoms with Crippen LogP contribution in [0.1, 0.15) is 46.6 Å². The molecule has 118 valence electrons. The summed E-state index contributed by atoms with van der Waals surface area (Å²) in [5.74, 6) is 0. The van der Waals surface area contributed by atoms with E-state index in [0.29, 0.717) is 13.1 Å². The highest BCUT2D eigenvalue weighted by atomic mass is 16.6. The second-order valence-electron chi connectivity index (χ2n) is 6.08. The quantitative estimate of drug-likeness (QED) is 0.851. The van der Waals surface area contributed by atoms with Gasteiger partial charge in [0, 0.05) is 18.8 Å². The molecule has 4 heteroatoms. The van der Waals surface area contributed by atoms with Crippen LogP contribution in [0, 0.1) is 0 Å². The van der Waals surface area contributed by atoms with Crippen LogP contribution in [0.2, 0.25) is 0 Å². The van der Waals surface area contributed by atoms with Gasteiger partial charge in [0.15, 0.2) is 0 Å². The predicted octanol–water partition coefficient (Wildman–Crippen LogP) is 4.27. The van der Waals surface area contributed by atoms with E-state index in [2.05, 4.69) is 12.2 Å². The third-order valence-corrected chi connectivity index (χ3v) is 2.98. The topological polar surface area (TPSA) is 41.6 Å². The molecule has 1 aromatic rings. The van der Waals surface area contributed by atoms with Gasteiger partial charge in [0.25, 0.3) is 0 Å². The van der Waals surface area contributed by atoms with Gasteiger partial charge < -0.3 is 15.0 Å². The molecule has 0 unspecified atom stereocenters. The number of ether oxygens (including phenoxy) is 1. The number of carbonyl (C=O) groups is 1. The number of amides is 1. The van der Waals surface area contributed by atoms with Gasteiger partial charge in [-0.25, -0.2) is 4.79 Å². The van der Waals surface area contributed by atoms with Gasteiger partial charge in [-0.05, 0) is 45.7 Å². The number of nitrogens with zero attached hydrogens (tertiary/aromatic N) is 1. The molecule has 21 heavy (non-hydrogen) atoms. The molecule has 0 bridgehead atoms. The first-order chi connectivity index (χ1) is 9.87. The zero-order valence-electron chi connectivity index (χ0n) is 13.9. The molecular weight excluding hydrogens is 264 g/mol. The minimum atomic E-state index is -0.468. The lowest BCUT2D eigenvalue weighted by Gasteiger charge is -2.27. The van der Waals surface area contributed by atoms with Gasteiger partial charge in [0.05, 0.1) is 6.54 Å². The van der Waals surface area contributed by atoms with E-state index in [0.717, 1.165) is 24.2 Å². The minimum absolute atomic E-state index is 0.268. The molecule has 1 aromatic carbocycles. The lowest BCUT2D eigenvalue weighted by molar-refractivity contribution is 0.0245. The fourth-order valence-corrected chi connectivity index (χ4v) is 1.93. The average Bonchev–Trinajstić information content (AvgIpc) is 2.41. The molecule has 4 nitrogen and oxygen atoms in total. The summed E-state index contributed by atoms with van der Waals surface area (Å²) in [5, 5.41) is 3.40. The Bertz CT molecular complexity index is 452. The zero-order chi connectivity index (χ0) is 15.9. The molecule has 1 rings (SSSR count). The Balaban J connectivity index is 2.79. The standard InChI is InChI=1S/C17H28N2O2/c1-6-12-18-15-11-9-8-10-14(15)13-19(7-2)16(20)21-17(3,4)5/h8-11,18H,6-7,12-13H2,1-5H3. The molecule has 0 saturated heterocycles. The number of hydrogen-bond acceptors (Lipinski definition) is 3. The third kappa shape index (κ3) is 6.06. The summed E-state index contributed by atoms with van der Waals surface area (Å²) in [4.78, 5) is 13.9. The van der Waals surface area contributed by atoms with Crippen LogP contribution in [-0.4, -0.2) is 29.7 Å². The van der Waals surface area contributed by atoms with Crippen molar-refractivity contribution in [1.29, 1.82) is 0 Å². The van der Waals surface area contributed by atoms with Crippen LogP contribution in [0.5, 0.6) is 0 Å². The van der Waals surface area contributed by atoms with E-state index in [1.54, 1.807) is 4.90 Å². The Morgan fingerprint density at radius 2 is 1.90 bits per heavy atom. The summed E-state index contributed by atoms with van der Waals surface area (Å²) < 4.78 is 5.45. The normalized spacial score (nSPS) is 11.1. The predicted molar refractivity (Wildman–Crippen MR) is 87.5 cm³/mol. The Hall–Kier alpha value is -1.71. The fourth-order valence-electron chi connectivity index (χ4n) is 1.93. The number of carbonyl (C=O) groups excluding carboxylic acids is 1. The van der Waals surface area contributed by atoms with Crippen LogP contribution in [0.25, 0.3) is 0 Å². The first-order valence-electron chi connectivity index (χ1n) is 7.67. The number of para-hydroxylation sites is 1. The van der Waals surface area contributed by atoms with Crippen LogP contribution in [-0.2, 0) is 11.3 Å². The van der Waals surface area contributed by atoms with Gasteiger partial charge >= 0.3 is 6.09 Å².